The van der Waals surface area contributed by atoms with Crippen LogP contribution in [0.1, 0.15) is 21.9 Å². The first-order valence-corrected chi connectivity index (χ1v) is 9.54. The normalized spacial score (nSPS) is 11.3. The van der Waals surface area contributed by atoms with E-state index < -0.39 is 29.3 Å². The summed E-state index contributed by atoms with van der Waals surface area (Å²) in [4.78, 5) is 16.8. The maximum Gasteiger partial charge on any atom is 0.435 e. The summed E-state index contributed by atoms with van der Waals surface area (Å²) in [7, 11) is 0. The molecule has 2 aromatic carbocycles. The minimum absolute atomic E-state index is 0.0970. The van der Waals surface area contributed by atoms with Crippen LogP contribution in [0, 0.1) is 5.82 Å². The molecule has 1 amide bonds. The Bertz CT molecular complexity index is 1260. The number of aromatic nitrogens is 4. The molecular formula is C22H15F4N5O2. The first-order valence-electron chi connectivity index (χ1n) is 9.54. The summed E-state index contributed by atoms with van der Waals surface area (Å²) in [5.74, 6) is -1.36. The Balaban J connectivity index is 1.56. The quantitative estimate of drug-likeness (QED) is 0.426. The van der Waals surface area contributed by atoms with Crippen molar-refractivity contribution < 1.29 is 27.1 Å². The number of halogens is 4. The Hall–Kier alpha value is -4.28. The van der Waals surface area contributed by atoms with E-state index >= 15 is 0 Å². The van der Waals surface area contributed by atoms with Gasteiger partial charge in [-0.1, -0.05) is 17.3 Å². The van der Waals surface area contributed by atoms with E-state index in [2.05, 4.69) is 20.6 Å². The van der Waals surface area contributed by atoms with Crippen molar-refractivity contribution in [1.82, 2.24) is 20.0 Å². The molecule has 0 aliphatic heterocycles. The van der Waals surface area contributed by atoms with Crippen LogP contribution in [0.5, 0.6) is 5.75 Å². The van der Waals surface area contributed by atoms with Crippen molar-refractivity contribution in [2.75, 3.05) is 5.32 Å². The second kappa shape index (κ2) is 9.07. The predicted molar refractivity (Wildman–Crippen MR) is 109 cm³/mol. The molecule has 0 radical (unpaired) electrons. The lowest BCUT2D eigenvalue weighted by Crippen LogP contribution is -2.21. The summed E-state index contributed by atoms with van der Waals surface area (Å²) in [6.45, 7) is 0.169. The van der Waals surface area contributed by atoms with Crippen LogP contribution in [-0.4, -0.2) is 25.9 Å². The minimum atomic E-state index is -4.95. The number of alkyl halides is 3. The molecule has 0 unspecified atom stereocenters. The number of amides is 1. The molecule has 0 aliphatic rings. The largest absolute Gasteiger partial charge is 0.487 e. The van der Waals surface area contributed by atoms with Crippen LogP contribution in [0.25, 0.3) is 5.69 Å². The highest BCUT2D eigenvalue weighted by Gasteiger charge is 2.42. The first-order chi connectivity index (χ1) is 15.8. The molecule has 0 fully saturated rings. The fourth-order valence-corrected chi connectivity index (χ4v) is 2.95. The van der Waals surface area contributed by atoms with Crippen LogP contribution >= 0.6 is 0 Å². The van der Waals surface area contributed by atoms with Gasteiger partial charge in [-0.3, -0.25) is 9.78 Å². The standard InChI is InChI=1S/C22H15F4N5O2/c23-14-7-9-17(10-8-14)31-20(22(24,25)26)19(29-30-31)21(32)28-15-5-3-6-18(12-15)33-13-16-4-1-2-11-27-16/h1-12H,13H2,(H,28,32). The van der Waals surface area contributed by atoms with E-state index in [0.29, 0.717) is 16.1 Å². The van der Waals surface area contributed by atoms with E-state index in [-0.39, 0.29) is 18.0 Å². The Labute approximate surface area is 184 Å². The molecule has 0 atom stereocenters. The molecule has 11 heteroatoms. The lowest BCUT2D eigenvalue weighted by Gasteiger charge is -2.12. The number of carbonyl (C=O) groups is 1. The molecule has 0 bridgehead atoms. The van der Waals surface area contributed by atoms with E-state index in [4.69, 9.17) is 4.74 Å². The van der Waals surface area contributed by atoms with Crippen molar-refractivity contribution in [2.45, 2.75) is 12.8 Å². The highest BCUT2D eigenvalue weighted by molar-refractivity contribution is 6.03. The molecule has 7 nitrogen and oxygen atoms in total. The molecule has 2 aromatic heterocycles. The van der Waals surface area contributed by atoms with Crippen LogP contribution < -0.4 is 10.1 Å². The number of pyridine rings is 1. The van der Waals surface area contributed by atoms with Crippen LogP contribution in [-0.2, 0) is 12.8 Å². The van der Waals surface area contributed by atoms with Gasteiger partial charge in [0.05, 0.1) is 11.4 Å². The van der Waals surface area contributed by atoms with Gasteiger partial charge in [-0.2, -0.15) is 13.2 Å². The minimum Gasteiger partial charge on any atom is -0.487 e. The molecule has 2 heterocycles. The Morgan fingerprint density at radius 2 is 1.82 bits per heavy atom. The summed E-state index contributed by atoms with van der Waals surface area (Å²) in [6, 6.07) is 15.7. The zero-order chi connectivity index (χ0) is 23.4. The SMILES string of the molecule is O=C(Nc1cccc(OCc2ccccn2)c1)c1nnn(-c2ccc(F)cc2)c1C(F)(F)F. The van der Waals surface area contributed by atoms with Gasteiger partial charge in [-0.05, 0) is 48.5 Å². The molecule has 0 aliphatic carbocycles. The van der Waals surface area contributed by atoms with Crippen molar-refractivity contribution in [3.63, 3.8) is 0 Å². The number of nitrogens with one attached hydrogen (secondary N) is 1. The predicted octanol–water partition coefficient (Wildman–Crippen LogP) is 4.65. The van der Waals surface area contributed by atoms with Gasteiger partial charge < -0.3 is 10.1 Å². The number of carbonyl (C=O) groups excluding carboxylic acids is 1. The monoisotopic (exact) mass is 457 g/mol. The number of hydrogen-bond donors (Lipinski definition) is 1. The molecule has 0 saturated carbocycles. The zero-order valence-electron chi connectivity index (χ0n) is 16.8. The van der Waals surface area contributed by atoms with Crippen molar-refractivity contribution in [3.05, 3.63) is 95.8 Å². The second-order valence-corrected chi connectivity index (χ2v) is 6.76. The van der Waals surface area contributed by atoms with Gasteiger partial charge in [0.15, 0.2) is 11.4 Å². The zero-order valence-corrected chi connectivity index (χ0v) is 16.8. The van der Waals surface area contributed by atoms with Crippen molar-refractivity contribution in [2.24, 2.45) is 0 Å². The summed E-state index contributed by atoms with van der Waals surface area (Å²) in [6.07, 6.45) is -3.33. The van der Waals surface area contributed by atoms with Gasteiger partial charge in [-0.25, -0.2) is 9.07 Å². The maximum absolute atomic E-state index is 13.8. The topological polar surface area (TPSA) is 81.9 Å². The lowest BCUT2D eigenvalue weighted by molar-refractivity contribution is -0.143. The Morgan fingerprint density at radius 3 is 2.52 bits per heavy atom. The van der Waals surface area contributed by atoms with Crippen molar-refractivity contribution in [3.8, 4) is 11.4 Å². The summed E-state index contributed by atoms with van der Waals surface area (Å²) in [5, 5.41) is 9.25. The number of nitrogens with zero attached hydrogens (tertiary/aromatic N) is 4. The summed E-state index contributed by atoms with van der Waals surface area (Å²) < 4.78 is 60.5. The molecular weight excluding hydrogens is 442 g/mol. The maximum atomic E-state index is 13.8. The number of rotatable bonds is 6. The van der Waals surface area contributed by atoms with Gasteiger partial charge >= 0.3 is 6.18 Å². The van der Waals surface area contributed by atoms with Crippen LogP contribution in [0.3, 0.4) is 0 Å². The molecule has 1 N–H and O–H groups in total. The number of hydrogen-bond acceptors (Lipinski definition) is 5. The van der Waals surface area contributed by atoms with Crippen LogP contribution in [0.2, 0.25) is 0 Å². The van der Waals surface area contributed by atoms with Crippen molar-refractivity contribution >= 4 is 11.6 Å². The highest BCUT2D eigenvalue weighted by Crippen LogP contribution is 2.33. The fraction of sp³-hybridized carbons (Fsp3) is 0.0909. The highest BCUT2D eigenvalue weighted by atomic mass is 19.4. The van der Waals surface area contributed by atoms with Gasteiger partial charge in [0, 0.05) is 18.0 Å². The van der Waals surface area contributed by atoms with Gasteiger partial charge in [0.25, 0.3) is 5.91 Å². The van der Waals surface area contributed by atoms with E-state index in [1.54, 1.807) is 36.5 Å². The molecule has 0 spiro atoms. The Kier molecular flexibility index (Phi) is 6.03. The van der Waals surface area contributed by atoms with Crippen molar-refractivity contribution in [1.29, 1.82) is 0 Å². The molecule has 0 saturated heterocycles. The molecule has 4 aromatic rings. The van der Waals surface area contributed by atoms with Crippen LogP contribution in [0.4, 0.5) is 23.2 Å². The van der Waals surface area contributed by atoms with Gasteiger partial charge in [0.2, 0.25) is 0 Å². The third-order valence-electron chi connectivity index (χ3n) is 4.43. The number of anilines is 1. The van der Waals surface area contributed by atoms with Gasteiger partial charge in [0.1, 0.15) is 18.2 Å². The van der Waals surface area contributed by atoms with E-state index in [1.807, 2.05) is 0 Å². The third-order valence-corrected chi connectivity index (χ3v) is 4.43. The van der Waals surface area contributed by atoms with E-state index in [9.17, 15) is 22.4 Å². The third kappa shape index (κ3) is 5.14. The van der Waals surface area contributed by atoms with Crippen LogP contribution in [0.15, 0.2) is 72.9 Å². The summed E-state index contributed by atoms with van der Waals surface area (Å²) >= 11 is 0. The van der Waals surface area contributed by atoms with E-state index in [0.717, 1.165) is 24.3 Å². The first kappa shape index (κ1) is 21.9. The summed E-state index contributed by atoms with van der Waals surface area (Å²) in [5.41, 5.74) is -1.52. The average Bonchev–Trinajstić information content (AvgIpc) is 3.25. The number of ether oxygens (including phenoxy) is 1. The molecule has 4 rings (SSSR count). The molecule has 168 valence electrons. The lowest BCUT2D eigenvalue weighted by atomic mass is 10.2. The molecule has 33 heavy (non-hydrogen) atoms. The fourth-order valence-electron chi connectivity index (χ4n) is 2.95. The Morgan fingerprint density at radius 1 is 1.03 bits per heavy atom. The van der Waals surface area contributed by atoms with E-state index in [1.165, 1.54) is 12.1 Å². The smallest absolute Gasteiger partial charge is 0.435 e. The number of benzene rings is 2. The van der Waals surface area contributed by atoms with Gasteiger partial charge in [-0.15, -0.1) is 5.10 Å². The average molecular weight is 457 g/mol. The second-order valence-electron chi connectivity index (χ2n) is 6.76.